The fourth-order valence-electron chi connectivity index (χ4n) is 2.42. The highest BCUT2D eigenvalue weighted by molar-refractivity contribution is 7.99. The Morgan fingerprint density at radius 1 is 1.25 bits per heavy atom. The normalized spacial score (nSPS) is 16.8. The Hall–Kier alpha value is -1.24. The minimum atomic E-state index is -0.284. The van der Waals surface area contributed by atoms with Gasteiger partial charge in [0, 0.05) is 41.9 Å². The van der Waals surface area contributed by atoms with E-state index in [4.69, 9.17) is 5.73 Å². The highest BCUT2D eigenvalue weighted by Crippen LogP contribution is 2.22. The molecule has 0 saturated carbocycles. The van der Waals surface area contributed by atoms with Crippen LogP contribution in [-0.4, -0.2) is 47.4 Å². The van der Waals surface area contributed by atoms with Crippen LogP contribution in [0.25, 0.3) is 0 Å². The van der Waals surface area contributed by atoms with E-state index in [1.165, 1.54) is 0 Å². The van der Waals surface area contributed by atoms with Gasteiger partial charge in [0.25, 0.3) is 5.91 Å². The quantitative estimate of drug-likeness (QED) is 0.852. The van der Waals surface area contributed by atoms with E-state index in [-0.39, 0.29) is 36.2 Å². The Morgan fingerprint density at radius 2 is 1.88 bits per heavy atom. The van der Waals surface area contributed by atoms with Crippen LogP contribution in [0, 0.1) is 12.8 Å². The molecule has 7 heteroatoms. The van der Waals surface area contributed by atoms with Crippen LogP contribution in [0.4, 0.5) is 5.69 Å². The molecular weight excluding hydrogens is 346 g/mol. The number of thioether (sulfide) groups is 1. The number of nitrogens with zero attached hydrogens (tertiary/aromatic N) is 1. The molecule has 0 bridgehead atoms. The first-order valence-electron chi connectivity index (χ1n) is 7.95. The Kier molecular flexibility index (Phi) is 8.06. The van der Waals surface area contributed by atoms with Gasteiger partial charge in [-0.3, -0.25) is 9.59 Å². The lowest BCUT2D eigenvalue weighted by Crippen LogP contribution is -2.38. The molecule has 1 fully saturated rings. The molecule has 3 N–H and O–H groups in total. The molecule has 1 aliphatic rings. The molecule has 1 aromatic carbocycles. The van der Waals surface area contributed by atoms with Crippen molar-refractivity contribution in [1.29, 1.82) is 0 Å². The van der Waals surface area contributed by atoms with E-state index in [2.05, 4.69) is 5.32 Å². The highest BCUT2D eigenvalue weighted by atomic mass is 35.5. The van der Waals surface area contributed by atoms with Crippen LogP contribution in [0.5, 0.6) is 0 Å². The molecule has 1 aliphatic heterocycles. The number of amides is 2. The largest absolute Gasteiger partial charge is 0.337 e. The van der Waals surface area contributed by atoms with Crippen LogP contribution in [0.3, 0.4) is 0 Å². The number of carbonyl (C=O) groups is 2. The molecule has 2 amide bonds. The minimum absolute atomic E-state index is 0. The van der Waals surface area contributed by atoms with Crippen molar-refractivity contribution >= 4 is 41.7 Å². The summed E-state index contributed by atoms with van der Waals surface area (Å²) in [5.74, 6) is 1.59. The van der Waals surface area contributed by atoms with E-state index >= 15 is 0 Å². The molecule has 1 heterocycles. The van der Waals surface area contributed by atoms with Gasteiger partial charge in [-0.2, -0.15) is 11.8 Å². The van der Waals surface area contributed by atoms with Crippen LogP contribution in [0.1, 0.15) is 29.8 Å². The SMILES string of the molecule is Cc1c(NC(=O)C(C)C(C)N)cccc1C(=O)N1CCSCC1.Cl. The second kappa shape index (κ2) is 9.30. The zero-order valence-electron chi connectivity index (χ0n) is 14.4. The van der Waals surface area contributed by atoms with E-state index in [1.54, 1.807) is 6.92 Å². The molecular formula is C17H26ClN3O2S. The summed E-state index contributed by atoms with van der Waals surface area (Å²) in [7, 11) is 0. The average Bonchev–Trinajstić information content (AvgIpc) is 2.56. The van der Waals surface area contributed by atoms with Gasteiger partial charge in [-0.15, -0.1) is 12.4 Å². The summed E-state index contributed by atoms with van der Waals surface area (Å²) in [5.41, 5.74) is 7.92. The third kappa shape index (κ3) is 4.88. The number of nitrogens with one attached hydrogen (secondary N) is 1. The summed E-state index contributed by atoms with van der Waals surface area (Å²) in [6.45, 7) is 7.04. The highest BCUT2D eigenvalue weighted by Gasteiger charge is 2.22. The van der Waals surface area contributed by atoms with Crippen molar-refractivity contribution in [3.05, 3.63) is 29.3 Å². The summed E-state index contributed by atoms with van der Waals surface area (Å²) in [5, 5.41) is 2.90. The van der Waals surface area contributed by atoms with Gasteiger partial charge in [0.05, 0.1) is 5.92 Å². The number of rotatable bonds is 4. The maximum absolute atomic E-state index is 12.7. The number of hydrogen-bond acceptors (Lipinski definition) is 4. The molecule has 5 nitrogen and oxygen atoms in total. The first kappa shape index (κ1) is 20.8. The van der Waals surface area contributed by atoms with Gasteiger partial charge < -0.3 is 16.0 Å². The molecule has 2 unspecified atom stereocenters. The molecule has 134 valence electrons. The van der Waals surface area contributed by atoms with Gasteiger partial charge in [-0.05, 0) is 31.5 Å². The van der Waals surface area contributed by atoms with Crippen LogP contribution in [-0.2, 0) is 4.79 Å². The van der Waals surface area contributed by atoms with Crippen molar-refractivity contribution < 1.29 is 9.59 Å². The maximum atomic E-state index is 12.7. The van der Waals surface area contributed by atoms with Gasteiger partial charge in [-0.25, -0.2) is 0 Å². The predicted molar refractivity (Wildman–Crippen MR) is 103 cm³/mol. The average molecular weight is 372 g/mol. The second-order valence-electron chi connectivity index (χ2n) is 6.02. The molecule has 1 aromatic rings. The number of carbonyl (C=O) groups excluding carboxylic acids is 2. The van der Waals surface area contributed by atoms with Gasteiger partial charge in [-0.1, -0.05) is 13.0 Å². The first-order chi connectivity index (χ1) is 10.9. The number of anilines is 1. The molecule has 24 heavy (non-hydrogen) atoms. The Morgan fingerprint density at radius 3 is 2.46 bits per heavy atom. The summed E-state index contributed by atoms with van der Waals surface area (Å²) in [6.07, 6.45) is 0. The van der Waals surface area contributed by atoms with E-state index in [0.29, 0.717) is 11.3 Å². The van der Waals surface area contributed by atoms with E-state index < -0.39 is 0 Å². The van der Waals surface area contributed by atoms with Crippen molar-refractivity contribution in [2.24, 2.45) is 11.7 Å². The van der Waals surface area contributed by atoms with Gasteiger partial charge in [0.2, 0.25) is 5.91 Å². The van der Waals surface area contributed by atoms with Crippen LogP contribution < -0.4 is 11.1 Å². The summed E-state index contributed by atoms with van der Waals surface area (Å²) >= 11 is 1.87. The van der Waals surface area contributed by atoms with Gasteiger partial charge >= 0.3 is 0 Å². The van der Waals surface area contributed by atoms with E-state index in [1.807, 2.05) is 48.7 Å². The maximum Gasteiger partial charge on any atom is 0.254 e. The fourth-order valence-corrected chi connectivity index (χ4v) is 3.33. The van der Waals surface area contributed by atoms with E-state index in [9.17, 15) is 9.59 Å². The standard InChI is InChI=1S/C17H25N3O2S.ClH/c1-11(13(3)18)16(21)19-15-6-4-5-14(12(15)2)17(22)20-7-9-23-10-8-20;/h4-6,11,13H,7-10,18H2,1-3H3,(H,19,21);1H. The molecule has 0 aromatic heterocycles. The lowest BCUT2D eigenvalue weighted by atomic mass is 10.0. The first-order valence-corrected chi connectivity index (χ1v) is 9.10. The number of halogens is 1. The third-order valence-electron chi connectivity index (χ3n) is 4.32. The van der Waals surface area contributed by atoms with E-state index in [0.717, 1.165) is 30.2 Å². The molecule has 2 rings (SSSR count). The Labute approximate surface area is 154 Å². The lowest BCUT2D eigenvalue weighted by molar-refractivity contribution is -0.119. The topological polar surface area (TPSA) is 75.4 Å². The zero-order chi connectivity index (χ0) is 17.0. The van der Waals surface area contributed by atoms with Crippen molar-refractivity contribution in [2.75, 3.05) is 29.9 Å². The molecule has 0 radical (unpaired) electrons. The lowest BCUT2D eigenvalue weighted by Gasteiger charge is -2.27. The monoisotopic (exact) mass is 371 g/mol. The van der Waals surface area contributed by atoms with Crippen molar-refractivity contribution in [3.8, 4) is 0 Å². The fraction of sp³-hybridized carbons (Fsp3) is 0.529. The molecule has 2 atom stereocenters. The van der Waals surface area contributed by atoms with Crippen molar-refractivity contribution in [2.45, 2.75) is 26.8 Å². The Balaban J connectivity index is 0.00000288. The molecule has 0 spiro atoms. The number of hydrogen-bond donors (Lipinski definition) is 2. The predicted octanol–water partition coefficient (Wildman–Crippen LogP) is 2.53. The minimum Gasteiger partial charge on any atom is -0.337 e. The number of nitrogens with two attached hydrogens (primary N) is 1. The van der Waals surface area contributed by atoms with Crippen LogP contribution in [0.15, 0.2) is 18.2 Å². The van der Waals surface area contributed by atoms with Crippen molar-refractivity contribution in [3.63, 3.8) is 0 Å². The van der Waals surface area contributed by atoms with Crippen LogP contribution in [0.2, 0.25) is 0 Å². The van der Waals surface area contributed by atoms with Gasteiger partial charge in [0.15, 0.2) is 0 Å². The van der Waals surface area contributed by atoms with Gasteiger partial charge in [0.1, 0.15) is 0 Å². The number of benzene rings is 1. The molecule has 0 aliphatic carbocycles. The zero-order valence-corrected chi connectivity index (χ0v) is 16.0. The third-order valence-corrected chi connectivity index (χ3v) is 5.27. The summed E-state index contributed by atoms with van der Waals surface area (Å²) in [4.78, 5) is 26.8. The smallest absolute Gasteiger partial charge is 0.254 e. The molecule has 1 saturated heterocycles. The summed E-state index contributed by atoms with van der Waals surface area (Å²) < 4.78 is 0. The Bertz CT molecular complexity index is 589. The van der Waals surface area contributed by atoms with Crippen molar-refractivity contribution in [1.82, 2.24) is 4.90 Å². The van der Waals surface area contributed by atoms with Crippen LogP contribution >= 0.6 is 24.2 Å². The second-order valence-corrected chi connectivity index (χ2v) is 7.24. The summed E-state index contributed by atoms with van der Waals surface area (Å²) in [6, 6.07) is 5.24.